The number of thioether (sulfide) groups is 2. The molecule has 5 nitrogen and oxygen atoms in total. The Morgan fingerprint density at radius 2 is 2.22 bits per heavy atom. The molecule has 3 aromatic rings. The number of aryl methyl sites for hydroxylation is 2. The predicted molar refractivity (Wildman–Crippen MR) is 114 cm³/mol. The van der Waals surface area contributed by atoms with Gasteiger partial charge in [-0.05, 0) is 55.7 Å². The van der Waals surface area contributed by atoms with Crippen LogP contribution in [0.15, 0.2) is 38.4 Å². The third-order valence-electron chi connectivity index (χ3n) is 4.50. The van der Waals surface area contributed by atoms with Crippen molar-refractivity contribution in [1.82, 2.24) is 9.55 Å². The highest BCUT2D eigenvalue weighted by molar-refractivity contribution is 8.01. The Morgan fingerprint density at radius 1 is 1.41 bits per heavy atom. The summed E-state index contributed by atoms with van der Waals surface area (Å²) in [6.45, 7) is 3.72. The van der Waals surface area contributed by atoms with Crippen LogP contribution in [-0.2, 0) is 11.2 Å². The highest BCUT2D eigenvalue weighted by atomic mass is 32.2. The lowest BCUT2D eigenvalue weighted by Gasteiger charge is -2.15. The second-order valence-corrected chi connectivity index (χ2v) is 10.2. The monoisotopic (exact) mass is 417 g/mol. The third kappa shape index (κ3) is 3.41. The summed E-state index contributed by atoms with van der Waals surface area (Å²) < 4.78 is 2.83. The molecule has 1 amide bonds. The number of nitrogens with zero attached hydrogens (tertiary/aromatic N) is 2. The summed E-state index contributed by atoms with van der Waals surface area (Å²) in [6.07, 6.45) is 1.99. The topological polar surface area (TPSA) is 78.0 Å². The minimum Gasteiger partial charge on any atom is -0.369 e. The molecule has 2 N–H and O–H groups in total. The van der Waals surface area contributed by atoms with E-state index in [4.69, 9.17) is 10.7 Å². The van der Waals surface area contributed by atoms with E-state index in [2.05, 4.69) is 0 Å². The summed E-state index contributed by atoms with van der Waals surface area (Å²) in [6, 6.07) is 7.77. The van der Waals surface area contributed by atoms with Gasteiger partial charge in [-0.2, -0.15) is 0 Å². The minimum absolute atomic E-state index is 0.0650. The lowest BCUT2D eigenvalue weighted by atomic mass is 10.1. The minimum atomic E-state index is -0.477. The fourth-order valence-corrected chi connectivity index (χ4v) is 6.56. The summed E-state index contributed by atoms with van der Waals surface area (Å²) >= 11 is 4.61. The molecule has 1 unspecified atom stereocenters. The van der Waals surface area contributed by atoms with Gasteiger partial charge in [-0.15, -0.1) is 23.1 Å². The van der Waals surface area contributed by atoms with Crippen LogP contribution in [0, 0.1) is 6.92 Å². The highest BCUT2D eigenvalue weighted by Gasteiger charge is 2.24. The van der Waals surface area contributed by atoms with E-state index in [0.29, 0.717) is 5.16 Å². The third-order valence-corrected chi connectivity index (χ3v) is 8.10. The summed E-state index contributed by atoms with van der Waals surface area (Å²) in [5.41, 5.74) is 8.33. The second-order valence-electron chi connectivity index (χ2n) is 6.54. The Labute approximate surface area is 169 Å². The standard InChI is InChI=1S/C19H19N3O2S3/c1-10-5-3-6-12(9-10)22-17(24)14-13-7-4-8-25-18(13)27-16(14)21-19(22)26-11(2)15(20)23/h3,5-6,9,11H,4,7-8H2,1-2H3,(H2,20,23). The average Bonchev–Trinajstić information content (AvgIpc) is 3.00. The number of aromatic nitrogens is 2. The average molecular weight is 418 g/mol. The smallest absolute Gasteiger partial charge is 0.267 e. The van der Waals surface area contributed by atoms with E-state index in [9.17, 15) is 9.59 Å². The number of primary amides is 1. The molecule has 1 aliphatic rings. The molecule has 8 heteroatoms. The number of nitrogens with two attached hydrogens (primary N) is 1. The lowest BCUT2D eigenvalue weighted by Crippen LogP contribution is -2.26. The van der Waals surface area contributed by atoms with E-state index < -0.39 is 11.2 Å². The molecule has 140 valence electrons. The van der Waals surface area contributed by atoms with Crippen molar-refractivity contribution in [3.63, 3.8) is 0 Å². The fraction of sp³-hybridized carbons (Fsp3) is 0.316. The van der Waals surface area contributed by atoms with Crippen LogP contribution in [0.4, 0.5) is 0 Å². The van der Waals surface area contributed by atoms with Gasteiger partial charge in [-0.3, -0.25) is 14.2 Å². The predicted octanol–water partition coefficient (Wildman–Crippen LogP) is 3.76. The number of fused-ring (bicyclic) bond motifs is 3. The molecule has 1 aromatic carbocycles. The molecule has 1 atom stereocenters. The van der Waals surface area contributed by atoms with Crippen LogP contribution >= 0.6 is 34.9 Å². The van der Waals surface area contributed by atoms with Crippen LogP contribution in [0.1, 0.15) is 24.5 Å². The number of rotatable bonds is 4. The molecule has 0 radical (unpaired) electrons. The molecule has 0 aliphatic carbocycles. The van der Waals surface area contributed by atoms with Gasteiger partial charge >= 0.3 is 0 Å². The normalized spacial score (nSPS) is 14.9. The Kier molecular flexibility index (Phi) is 5.05. The van der Waals surface area contributed by atoms with Gasteiger partial charge in [0.05, 0.1) is 20.5 Å². The van der Waals surface area contributed by atoms with E-state index in [0.717, 1.165) is 45.6 Å². The van der Waals surface area contributed by atoms with Gasteiger partial charge in [-0.1, -0.05) is 23.9 Å². The SMILES string of the molecule is Cc1cccc(-n2c(SC(C)C(N)=O)nc3sc4c(c3c2=O)CCCS4)c1. The summed E-state index contributed by atoms with van der Waals surface area (Å²) in [5, 5.41) is 0.752. The van der Waals surface area contributed by atoms with Gasteiger partial charge < -0.3 is 5.73 Å². The zero-order chi connectivity index (χ0) is 19.1. The van der Waals surface area contributed by atoms with Gasteiger partial charge in [0.25, 0.3) is 5.56 Å². The Morgan fingerprint density at radius 3 is 2.96 bits per heavy atom. The van der Waals surface area contributed by atoms with Crippen LogP contribution < -0.4 is 11.3 Å². The number of benzene rings is 1. The second kappa shape index (κ2) is 7.33. The number of amides is 1. The Hall–Kier alpha value is -1.77. The first-order valence-electron chi connectivity index (χ1n) is 8.70. The first-order valence-corrected chi connectivity index (χ1v) is 11.4. The fourth-order valence-electron chi connectivity index (χ4n) is 3.11. The maximum Gasteiger partial charge on any atom is 0.267 e. The van der Waals surface area contributed by atoms with E-state index in [1.165, 1.54) is 16.0 Å². The summed E-state index contributed by atoms with van der Waals surface area (Å²) in [4.78, 5) is 30.7. The zero-order valence-electron chi connectivity index (χ0n) is 15.0. The van der Waals surface area contributed by atoms with Crippen molar-refractivity contribution in [3.05, 3.63) is 45.7 Å². The Bertz CT molecular complexity index is 1100. The van der Waals surface area contributed by atoms with E-state index in [1.54, 1.807) is 34.6 Å². The molecule has 3 heterocycles. The number of hydrogen-bond acceptors (Lipinski definition) is 6. The quantitative estimate of drug-likeness (QED) is 0.517. The lowest BCUT2D eigenvalue weighted by molar-refractivity contribution is -0.117. The molecule has 2 aromatic heterocycles. The molecule has 27 heavy (non-hydrogen) atoms. The molecule has 0 spiro atoms. The molecule has 0 bridgehead atoms. The van der Waals surface area contributed by atoms with Crippen molar-refractivity contribution in [2.24, 2.45) is 5.73 Å². The highest BCUT2D eigenvalue weighted by Crippen LogP contribution is 2.41. The molecular weight excluding hydrogens is 398 g/mol. The van der Waals surface area contributed by atoms with Crippen LogP contribution in [0.2, 0.25) is 0 Å². The van der Waals surface area contributed by atoms with Crippen molar-refractivity contribution < 1.29 is 4.79 Å². The van der Waals surface area contributed by atoms with Crippen LogP contribution in [0.3, 0.4) is 0 Å². The van der Waals surface area contributed by atoms with Crippen molar-refractivity contribution >= 4 is 51.0 Å². The number of carbonyl (C=O) groups excluding carboxylic acids is 1. The molecular formula is C19H19N3O2S3. The molecule has 4 rings (SSSR count). The van der Waals surface area contributed by atoms with Crippen molar-refractivity contribution in [2.75, 3.05) is 5.75 Å². The molecule has 0 saturated heterocycles. The summed E-state index contributed by atoms with van der Waals surface area (Å²) in [5.74, 6) is 0.651. The largest absolute Gasteiger partial charge is 0.369 e. The zero-order valence-corrected chi connectivity index (χ0v) is 17.5. The van der Waals surface area contributed by atoms with Gasteiger partial charge in [-0.25, -0.2) is 4.98 Å². The molecule has 0 saturated carbocycles. The van der Waals surface area contributed by atoms with E-state index in [1.807, 2.05) is 31.2 Å². The van der Waals surface area contributed by atoms with Crippen LogP contribution in [0.5, 0.6) is 0 Å². The van der Waals surface area contributed by atoms with E-state index >= 15 is 0 Å². The first kappa shape index (κ1) is 18.6. The van der Waals surface area contributed by atoms with Crippen molar-refractivity contribution in [2.45, 2.75) is 41.3 Å². The maximum absolute atomic E-state index is 13.5. The molecule has 0 fully saturated rings. The van der Waals surface area contributed by atoms with Gasteiger partial charge in [0, 0.05) is 0 Å². The van der Waals surface area contributed by atoms with E-state index in [-0.39, 0.29) is 5.56 Å². The number of hydrogen-bond donors (Lipinski definition) is 1. The van der Waals surface area contributed by atoms with Crippen LogP contribution in [-0.4, -0.2) is 26.5 Å². The first-order chi connectivity index (χ1) is 13.0. The maximum atomic E-state index is 13.5. The van der Waals surface area contributed by atoms with Crippen molar-refractivity contribution in [1.29, 1.82) is 0 Å². The van der Waals surface area contributed by atoms with Crippen LogP contribution in [0.25, 0.3) is 15.9 Å². The Balaban J connectivity index is 2.00. The molecule has 1 aliphatic heterocycles. The number of carbonyl (C=O) groups is 1. The van der Waals surface area contributed by atoms with Gasteiger partial charge in [0.15, 0.2) is 5.16 Å². The van der Waals surface area contributed by atoms with Crippen molar-refractivity contribution in [3.8, 4) is 5.69 Å². The summed E-state index contributed by atoms with van der Waals surface area (Å²) in [7, 11) is 0. The van der Waals surface area contributed by atoms with Gasteiger partial charge in [0.1, 0.15) is 4.83 Å². The van der Waals surface area contributed by atoms with Gasteiger partial charge in [0.2, 0.25) is 5.91 Å². The number of thiophene rings is 1.